The Morgan fingerprint density at radius 2 is 2.07 bits per heavy atom. The molecule has 1 heterocycles. The number of ether oxygens (including phenoxy) is 2. The van der Waals surface area contributed by atoms with Crippen LogP contribution in [0, 0.1) is 0 Å². The molecule has 78 valence electrons. The van der Waals surface area contributed by atoms with Gasteiger partial charge in [-0.05, 0) is 35.3 Å². The van der Waals surface area contributed by atoms with Crippen molar-refractivity contribution in [3.63, 3.8) is 0 Å². The topological polar surface area (TPSA) is 38.7 Å². The molecule has 0 saturated heterocycles. The van der Waals surface area contributed by atoms with Crippen molar-refractivity contribution in [2.24, 2.45) is 0 Å². The third-order valence-corrected chi connectivity index (χ3v) is 2.97. The van der Waals surface area contributed by atoms with Gasteiger partial charge in [0.1, 0.15) is 6.10 Å². The van der Waals surface area contributed by atoms with Gasteiger partial charge < -0.3 is 14.6 Å². The maximum atomic E-state index is 10.0. The fourth-order valence-electron chi connectivity index (χ4n) is 2.11. The lowest BCUT2D eigenvalue weighted by molar-refractivity contribution is 0.173. The summed E-state index contributed by atoms with van der Waals surface area (Å²) in [5.41, 5.74) is 3.02. The highest BCUT2D eigenvalue weighted by Crippen LogP contribution is 2.43. The lowest BCUT2D eigenvalue weighted by Gasteiger charge is -2.08. The number of fused-ring (bicyclic) bond motifs is 2. The minimum atomic E-state index is -0.473. The molecule has 15 heavy (non-hydrogen) atoms. The maximum absolute atomic E-state index is 10.0. The van der Waals surface area contributed by atoms with E-state index in [1.54, 1.807) is 0 Å². The lowest BCUT2D eigenvalue weighted by Crippen LogP contribution is -1.96. The molecule has 0 spiro atoms. The molecule has 1 aliphatic heterocycles. The molecule has 3 heteroatoms. The van der Waals surface area contributed by atoms with Crippen molar-refractivity contribution in [1.82, 2.24) is 0 Å². The summed E-state index contributed by atoms with van der Waals surface area (Å²) in [6, 6.07) is 3.81. The molecular weight excluding hydrogens is 192 g/mol. The van der Waals surface area contributed by atoms with Crippen molar-refractivity contribution < 1.29 is 14.6 Å². The zero-order chi connectivity index (χ0) is 10.4. The summed E-state index contributed by atoms with van der Waals surface area (Å²) < 4.78 is 10.6. The fraction of sp³-hybridized carbons (Fsp3) is 0.333. The SMILES string of the molecule is CCC1=Cc2cc3c(cc2C1O)OCO3. The zero-order valence-corrected chi connectivity index (χ0v) is 8.49. The lowest BCUT2D eigenvalue weighted by atomic mass is 10.0. The molecule has 1 atom stereocenters. The Morgan fingerprint density at radius 3 is 2.80 bits per heavy atom. The van der Waals surface area contributed by atoms with Gasteiger partial charge in [-0.3, -0.25) is 0 Å². The largest absolute Gasteiger partial charge is 0.454 e. The Bertz CT molecular complexity index is 448. The minimum Gasteiger partial charge on any atom is -0.454 e. The average Bonchev–Trinajstić information content (AvgIpc) is 2.80. The second kappa shape index (κ2) is 3.00. The predicted octanol–water partition coefficient (Wildman–Crippen LogP) is 2.26. The molecule has 0 bridgehead atoms. The van der Waals surface area contributed by atoms with Crippen molar-refractivity contribution in [2.75, 3.05) is 6.79 Å². The van der Waals surface area contributed by atoms with Crippen LogP contribution < -0.4 is 9.47 Å². The minimum absolute atomic E-state index is 0.276. The van der Waals surface area contributed by atoms with Gasteiger partial charge in [-0.1, -0.05) is 13.0 Å². The first-order valence-corrected chi connectivity index (χ1v) is 5.11. The molecular formula is C12H12O3. The van der Waals surface area contributed by atoms with Crippen molar-refractivity contribution in [2.45, 2.75) is 19.4 Å². The molecule has 3 nitrogen and oxygen atoms in total. The van der Waals surface area contributed by atoms with E-state index in [0.717, 1.165) is 34.6 Å². The Hall–Kier alpha value is -1.48. The van der Waals surface area contributed by atoms with E-state index in [0.29, 0.717) is 0 Å². The third-order valence-electron chi connectivity index (χ3n) is 2.97. The van der Waals surface area contributed by atoms with Crippen molar-refractivity contribution in [1.29, 1.82) is 0 Å². The molecule has 0 amide bonds. The first-order valence-electron chi connectivity index (χ1n) is 5.11. The van der Waals surface area contributed by atoms with E-state index < -0.39 is 6.10 Å². The Kier molecular flexibility index (Phi) is 1.76. The summed E-state index contributed by atoms with van der Waals surface area (Å²) in [5, 5.41) is 10.0. The molecule has 2 aliphatic rings. The van der Waals surface area contributed by atoms with Gasteiger partial charge in [0.2, 0.25) is 6.79 Å². The van der Waals surface area contributed by atoms with E-state index in [1.165, 1.54) is 0 Å². The number of rotatable bonds is 1. The van der Waals surface area contributed by atoms with E-state index in [4.69, 9.17) is 9.47 Å². The second-order valence-corrected chi connectivity index (χ2v) is 3.81. The summed E-state index contributed by atoms with van der Waals surface area (Å²) >= 11 is 0. The molecule has 0 saturated carbocycles. The van der Waals surface area contributed by atoms with Crippen LogP contribution in [-0.2, 0) is 0 Å². The van der Waals surface area contributed by atoms with Crippen LogP contribution in [0.5, 0.6) is 11.5 Å². The predicted molar refractivity (Wildman–Crippen MR) is 55.8 cm³/mol. The van der Waals surface area contributed by atoms with Crippen LogP contribution in [0.2, 0.25) is 0 Å². The summed E-state index contributed by atoms with van der Waals surface area (Å²) in [5.74, 6) is 1.51. The van der Waals surface area contributed by atoms with Crippen LogP contribution in [0.3, 0.4) is 0 Å². The second-order valence-electron chi connectivity index (χ2n) is 3.81. The van der Waals surface area contributed by atoms with Gasteiger partial charge in [-0.25, -0.2) is 0 Å². The van der Waals surface area contributed by atoms with Gasteiger partial charge >= 0.3 is 0 Å². The van der Waals surface area contributed by atoms with E-state index in [1.807, 2.05) is 25.1 Å². The number of benzene rings is 1. The van der Waals surface area contributed by atoms with Crippen LogP contribution >= 0.6 is 0 Å². The van der Waals surface area contributed by atoms with E-state index in [9.17, 15) is 5.11 Å². The summed E-state index contributed by atoms with van der Waals surface area (Å²) in [6.07, 6.45) is 2.42. The maximum Gasteiger partial charge on any atom is 0.231 e. The highest BCUT2D eigenvalue weighted by atomic mass is 16.7. The Morgan fingerprint density at radius 1 is 1.33 bits per heavy atom. The van der Waals surface area contributed by atoms with Crippen LogP contribution in [-0.4, -0.2) is 11.9 Å². The van der Waals surface area contributed by atoms with Gasteiger partial charge in [-0.15, -0.1) is 0 Å². The highest BCUT2D eigenvalue weighted by Gasteiger charge is 2.26. The summed E-state index contributed by atoms with van der Waals surface area (Å²) in [7, 11) is 0. The first kappa shape index (κ1) is 8.80. The Labute approximate surface area is 87.9 Å². The quantitative estimate of drug-likeness (QED) is 0.762. The van der Waals surface area contributed by atoms with Gasteiger partial charge in [0, 0.05) is 0 Å². The number of hydrogen-bond acceptors (Lipinski definition) is 3. The van der Waals surface area contributed by atoms with Crippen molar-refractivity contribution in [3.05, 3.63) is 28.8 Å². The van der Waals surface area contributed by atoms with Crippen molar-refractivity contribution in [3.8, 4) is 11.5 Å². The monoisotopic (exact) mass is 204 g/mol. The van der Waals surface area contributed by atoms with Crippen LogP contribution in [0.4, 0.5) is 0 Å². The standard InChI is InChI=1S/C12H12O3/c1-2-7-3-8-4-10-11(15-6-14-10)5-9(8)12(7)13/h3-5,12-13H,2,6H2,1H3. The smallest absolute Gasteiger partial charge is 0.231 e. The molecule has 1 N–H and O–H groups in total. The van der Waals surface area contributed by atoms with Crippen LogP contribution in [0.15, 0.2) is 17.7 Å². The molecule has 1 aromatic carbocycles. The van der Waals surface area contributed by atoms with E-state index >= 15 is 0 Å². The Balaban J connectivity index is 2.12. The normalized spacial score (nSPS) is 21.5. The molecule has 1 aliphatic carbocycles. The average molecular weight is 204 g/mol. The van der Waals surface area contributed by atoms with Crippen LogP contribution in [0.1, 0.15) is 30.6 Å². The van der Waals surface area contributed by atoms with Gasteiger partial charge in [0.05, 0.1) is 0 Å². The highest BCUT2D eigenvalue weighted by molar-refractivity contribution is 5.69. The number of aliphatic hydroxyl groups is 1. The number of aliphatic hydroxyl groups excluding tert-OH is 1. The summed E-state index contributed by atoms with van der Waals surface area (Å²) in [6.45, 7) is 2.32. The molecule has 1 aromatic rings. The van der Waals surface area contributed by atoms with Crippen molar-refractivity contribution >= 4 is 6.08 Å². The molecule has 0 aromatic heterocycles. The fourth-order valence-corrected chi connectivity index (χ4v) is 2.11. The zero-order valence-electron chi connectivity index (χ0n) is 8.49. The molecule has 0 fully saturated rings. The molecule has 1 unspecified atom stereocenters. The van der Waals surface area contributed by atoms with Crippen LogP contribution in [0.25, 0.3) is 6.08 Å². The third kappa shape index (κ3) is 1.16. The number of hydrogen-bond donors (Lipinski definition) is 1. The molecule has 3 rings (SSSR count). The van der Waals surface area contributed by atoms with Gasteiger partial charge in [0.25, 0.3) is 0 Å². The first-order chi connectivity index (χ1) is 7.29. The van der Waals surface area contributed by atoms with E-state index in [2.05, 4.69) is 0 Å². The van der Waals surface area contributed by atoms with Gasteiger partial charge in [-0.2, -0.15) is 0 Å². The van der Waals surface area contributed by atoms with Gasteiger partial charge in [0.15, 0.2) is 11.5 Å². The van der Waals surface area contributed by atoms with E-state index in [-0.39, 0.29) is 6.79 Å². The molecule has 0 radical (unpaired) electrons. The summed E-state index contributed by atoms with van der Waals surface area (Å²) in [4.78, 5) is 0.